The van der Waals surface area contributed by atoms with Crippen LogP contribution in [0.4, 0.5) is 4.39 Å². The number of aromatic nitrogens is 2. The van der Waals surface area contributed by atoms with Crippen molar-refractivity contribution in [2.45, 2.75) is 44.7 Å². The molecule has 6 nitrogen and oxygen atoms in total. The molecule has 2 aromatic carbocycles. The highest BCUT2D eigenvalue weighted by Crippen LogP contribution is 2.30. The van der Waals surface area contributed by atoms with Crippen molar-refractivity contribution in [1.82, 2.24) is 14.7 Å². The second kappa shape index (κ2) is 7.65. The van der Waals surface area contributed by atoms with E-state index in [2.05, 4.69) is 5.10 Å². The van der Waals surface area contributed by atoms with Gasteiger partial charge in [0.05, 0.1) is 5.69 Å². The Morgan fingerprint density at radius 2 is 1.71 bits per heavy atom. The van der Waals surface area contributed by atoms with Gasteiger partial charge in [0, 0.05) is 24.2 Å². The summed E-state index contributed by atoms with van der Waals surface area (Å²) in [6.45, 7) is 0.240. The quantitative estimate of drug-likeness (QED) is 0.705. The number of aliphatic carboxylic acids is 1. The van der Waals surface area contributed by atoms with Crippen molar-refractivity contribution in [2.24, 2.45) is 0 Å². The molecule has 1 amide bonds. The molecule has 1 aliphatic heterocycles. The number of carboxylic acids is 1. The number of hydrogen-bond acceptors (Lipinski definition) is 3. The molecule has 1 aliphatic carbocycles. The van der Waals surface area contributed by atoms with Gasteiger partial charge in [-0.3, -0.25) is 4.79 Å². The maximum absolute atomic E-state index is 13.6. The number of rotatable bonds is 3. The van der Waals surface area contributed by atoms with E-state index in [0.717, 1.165) is 48.1 Å². The van der Waals surface area contributed by atoms with Crippen LogP contribution in [-0.4, -0.2) is 37.7 Å². The van der Waals surface area contributed by atoms with E-state index in [4.69, 9.17) is 0 Å². The normalized spacial score (nSPS) is 17.7. The van der Waals surface area contributed by atoms with Crippen molar-refractivity contribution in [2.75, 3.05) is 0 Å². The van der Waals surface area contributed by atoms with E-state index in [1.807, 2.05) is 24.3 Å². The number of benzene rings is 2. The molecule has 158 valence electrons. The molecule has 3 aromatic rings. The molecule has 1 N–H and O–H groups in total. The molecular formula is C24H22FN3O3. The van der Waals surface area contributed by atoms with Crippen LogP contribution in [0.1, 0.15) is 45.7 Å². The van der Waals surface area contributed by atoms with Crippen LogP contribution >= 0.6 is 0 Å². The van der Waals surface area contributed by atoms with Gasteiger partial charge in [-0.15, -0.1) is 0 Å². The van der Waals surface area contributed by atoms with E-state index in [-0.39, 0.29) is 24.7 Å². The molecular weight excluding hydrogens is 397 g/mol. The van der Waals surface area contributed by atoms with Crippen LogP contribution in [-0.2, 0) is 30.6 Å². The van der Waals surface area contributed by atoms with Crippen LogP contribution in [0.5, 0.6) is 0 Å². The molecule has 0 saturated heterocycles. The Bertz CT molecular complexity index is 1170. The Morgan fingerprint density at radius 1 is 1.00 bits per heavy atom. The summed E-state index contributed by atoms with van der Waals surface area (Å²) in [7, 11) is 0. The van der Waals surface area contributed by atoms with E-state index in [1.165, 1.54) is 17.0 Å². The van der Waals surface area contributed by atoms with Crippen LogP contribution in [0.3, 0.4) is 0 Å². The van der Waals surface area contributed by atoms with Crippen molar-refractivity contribution in [3.05, 3.63) is 82.4 Å². The molecule has 31 heavy (non-hydrogen) atoms. The molecule has 5 rings (SSSR count). The van der Waals surface area contributed by atoms with E-state index < -0.39 is 12.0 Å². The minimum absolute atomic E-state index is 0.240. The summed E-state index contributed by atoms with van der Waals surface area (Å²) in [5.74, 6) is -1.71. The van der Waals surface area contributed by atoms with Crippen molar-refractivity contribution >= 4 is 11.9 Å². The van der Waals surface area contributed by atoms with E-state index in [0.29, 0.717) is 11.4 Å². The molecule has 1 atom stereocenters. The van der Waals surface area contributed by atoms with Crippen LogP contribution in [0.2, 0.25) is 0 Å². The standard InChI is InChI=1S/C24H22FN3O3/c25-17-9-11-18(12-10-17)28-20-8-4-3-7-19(20)22(26-28)23(29)27-14-16-6-2-1-5-15(16)13-21(27)24(30)31/h1-2,5-6,9-12,21H,3-4,7-8,13-14H2,(H,30,31). The largest absolute Gasteiger partial charge is 0.480 e. The predicted octanol–water partition coefficient (Wildman–Crippen LogP) is 3.54. The number of amides is 1. The SMILES string of the molecule is O=C(O)C1Cc2ccccc2CN1C(=O)c1nn(-c2ccc(F)cc2)c2c1CCCC2. The van der Waals surface area contributed by atoms with Crippen LogP contribution in [0.25, 0.3) is 5.69 Å². The first kappa shape index (κ1) is 19.5. The van der Waals surface area contributed by atoms with Gasteiger partial charge in [0.2, 0.25) is 0 Å². The van der Waals surface area contributed by atoms with E-state index >= 15 is 0 Å². The molecule has 0 radical (unpaired) electrons. The first-order valence-corrected chi connectivity index (χ1v) is 10.5. The topological polar surface area (TPSA) is 75.4 Å². The fourth-order valence-corrected chi connectivity index (χ4v) is 4.66. The summed E-state index contributed by atoms with van der Waals surface area (Å²) < 4.78 is 15.1. The number of carboxylic acid groups (broad SMARTS) is 1. The number of hydrogen-bond donors (Lipinski definition) is 1. The van der Waals surface area contributed by atoms with Crippen LogP contribution in [0.15, 0.2) is 48.5 Å². The van der Waals surface area contributed by atoms with Gasteiger partial charge in [-0.25, -0.2) is 13.9 Å². The van der Waals surface area contributed by atoms with Gasteiger partial charge in [-0.1, -0.05) is 24.3 Å². The van der Waals surface area contributed by atoms with Crippen LogP contribution in [0, 0.1) is 5.82 Å². The second-order valence-corrected chi connectivity index (χ2v) is 8.13. The summed E-state index contributed by atoms with van der Waals surface area (Å²) in [5.41, 5.74) is 4.74. The minimum Gasteiger partial charge on any atom is -0.480 e. The van der Waals surface area contributed by atoms with Gasteiger partial charge in [0.15, 0.2) is 5.69 Å². The lowest BCUT2D eigenvalue weighted by atomic mass is 9.92. The smallest absolute Gasteiger partial charge is 0.326 e. The number of halogens is 1. The molecule has 2 heterocycles. The molecule has 0 bridgehead atoms. The predicted molar refractivity (Wildman–Crippen MR) is 112 cm³/mol. The summed E-state index contributed by atoms with van der Waals surface area (Å²) in [5, 5.41) is 14.4. The van der Waals surface area contributed by atoms with Gasteiger partial charge in [0.25, 0.3) is 5.91 Å². The first-order valence-electron chi connectivity index (χ1n) is 10.5. The summed E-state index contributed by atoms with van der Waals surface area (Å²) >= 11 is 0. The third kappa shape index (κ3) is 3.40. The highest BCUT2D eigenvalue weighted by atomic mass is 19.1. The van der Waals surface area contributed by atoms with Crippen molar-refractivity contribution in [3.63, 3.8) is 0 Å². The fourth-order valence-electron chi connectivity index (χ4n) is 4.66. The third-order valence-corrected chi connectivity index (χ3v) is 6.25. The minimum atomic E-state index is -1.02. The monoisotopic (exact) mass is 419 g/mol. The van der Waals surface area contributed by atoms with Gasteiger partial charge in [0.1, 0.15) is 11.9 Å². The van der Waals surface area contributed by atoms with Crippen molar-refractivity contribution in [3.8, 4) is 5.69 Å². The van der Waals surface area contributed by atoms with Gasteiger partial charge >= 0.3 is 5.97 Å². The molecule has 7 heteroatoms. The molecule has 1 unspecified atom stereocenters. The number of fused-ring (bicyclic) bond motifs is 2. The molecule has 0 saturated carbocycles. The van der Waals surface area contributed by atoms with Crippen molar-refractivity contribution in [1.29, 1.82) is 0 Å². The molecule has 0 spiro atoms. The highest BCUT2D eigenvalue weighted by molar-refractivity contribution is 5.97. The lowest BCUT2D eigenvalue weighted by Crippen LogP contribution is -2.49. The molecule has 0 fully saturated rings. The van der Waals surface area contributed by atoms with Gasteiger partial charge in [-0.2, -0.15) is 5.10 Å². The molecule has 2 aliphatic rings. The Kier molecular flexibility index (Phi) is 4.81. The lowest BCUT2D eigenvalue weighted by Gasteiger charge is -2.34. The number of carbonyl (C=O) groups is 2. The summed E-state index contributed by atoms with van der Waals surface area (Å²) in [6, 6.07) is 12.7. The maximum Gasteiger partial charge on any atom is 0.326 e. The molecule has 1 aromatic heterocycles. The fraction of sp³-hybridized carbons (Fsp3) is 0.292. The average Bonchev–Trinajstić information content (AvgIpc) is 3.18. The van der Waals surface area contributed by atoms with Gasteiger partial charge in [-0.05, 0) is 61.1 Å². The summed E-state index contributed by atoms with van der Waals surface area (Å²) in [4.78, 5) is 27.1. The Labute approximate surface area is 178 Å². The summed E-state index contributed by atoms with van der Waals surface area (Å²) in [6.07, 6.45) is 3.71. The Balaban J connectivity index is 1.57. The van der Waals surface area contributed by atoms with E-state index in [1.54, 1.807) is 16.8 Å². The second-order valence-electron chi connectivity index (χ2n) is 8.13. The number of carbonyl (C=O) groups excluding carboxylic acids is 1. The number of nitrogens with zero attached hydrogens (tertiary/aromatic N) is 3. The van der Waals surface area contributed by atoms with E-state index in [9.17, 15) is 19.1 Å². The zero-order valence-electron chi connectivity index (χ0n) is 16.9. The van der Waals surface area contributed by atoms with Crippen molar-refractivity contribution < 1.29 is 19.1 Å². The van der Waals surface area contributed by atoms with Gasteiger partial charge < -0.3 is 10.0 Å². The third-order valence-electron chi connectivity index (χ3n) is 6.25. The highest BCUT2D eigenvalue weighted by Gasteiger charge is 2.37. The lowest BCUT2D eigenvalue weighted by molar-refractivity contribution is -0.142. The Hall–Kier alpha value is -3.48. The maximum atomic E-state index is 13.6. The zero-order chi connectivity index (χ0) is 21.5. The zero-order valence-corrected chi connectivity index (χ0v) is 16.9. The first-order chi connectivity index (χ1) is 15.0. The average molecular weight is 419 g/mol. The van der Waals surface area contributed by atoms with Crippen LogP contribution < -0.4 is 0 Å². The Morgan fingerprint density at radius 3 is 2.45 bits per heavy atom.